The van der Waals surface area contributed by atoms with Gasteiger partial charge in [0.05, 0.1) is 13.7 Å². The van der Waals surface area contributed by atoms with E-state index in [1.807, 2.05) is 0 Å². The first-order chi connectivity index (χ1) is 12.0. The van der Waals surface area contributed by atoms with Gasteiger partial charge in [-0.3, -0.25) is 9.59 Å². The number of likely N-dealkylation sites (tertiary alicyclic amines) is 1. The lowest BCUT2D eigenvalue weighted by molar-refractivity contribution is -0.131. The maximum Gasteiger partial charge on any atom is 0.387 e. The molecule has 2 amide bonds. The number of amides is 2. The molecule has 2 rings (SSSR count). The van der Waals surface area contributed by atoms with E-state index in [1.54, 1.807) is 11.0 Å². The van der Waals surface area contributed by atoms with Crippen molar-refractivity contribution in [2.75, 3.05) is 26.7 Å². The number of carbonyl (C=O) groups excluding carboxylic acids is 2. The number of methoxy groups -OCH3 is 1. The molecule has 0 spiro atoms. The molecule has 0 bridgehead atoms. The lowest BCUT2D eigenvalue weighted by atomic mass is 10.1. The summed E-state index contributed by atoms with van der Waals surface area (Å²) < 4.78 is 34.5. The lowest BCUT2D eigenvalue weighted by Gasteiger charge is -2.15. The molecule has 8 heteroatoms. The van der Waals surface area contributed by atoms with Crippen LogP contribution in [-0.4, -0.2) is 50.1 Å². The van der Waals surface area contributed by atoms with Crippen LogP contribution in [0.4, 0.5) is 8.78 Å². The number of nitrogens with zero attached hydrogens (tertiary/aromatic N) is 1. The number of ether oxygens (including phenoxy) is 2. The number of rotatable bonds is 7. The average Bonchev–Trinajstić information content (AvgIpc) is 3.12. The maximum absolute atomic E-state index is 12.5. The molecular formula is C17H20F2N2O4. The highest BCUT2D eigenvalue weighted by atomic mass is 19.3. The zero-order valence-electron chi connectivity index (χ0n) is 13.8. The van der Waals surface area contributed by atoms with E-state index in [0.29, 0.717) is 13.1 Å². The van der Waals surface area contributed by atoms with Crippen LogP contribution in [0.2, 0.25) is 0 Å². The molecule has 1 N–H and O–H groups in total. The number of benzene rings is 1. The van der Waals surface area contributed by atoms with Crippen LogP contribution in [0.15, 0.2) is 24.3 Å². The van der Waals surface area contributed by atoms with E-state index in [1.165, 1.54) is 25.3 Å². The van der Waals surface area contributed by atoms with Gasteiger partial charge in [-0.05, 0) is 25.0 Å². The number of carbonyl (C=O) groups is 2. The summed E-state index contributed by atoms with van der Waals surface area (Å²) in [7, 11) is 1.33. The SMILES string of the molecule is COc1cccc(/C=C\C(=O)NCC(=O)N2CCCC2)c1OC(F)F. The number of halogens is 2. The minimum absolute atomic E-state index is 0.0956. The highest BCUT2D eigenvalue weighted by Gasteiger charge is 2.18. The van der Waals surface area contributed by atoms with Gasteiger partial charge in [0.15, 0.2) is 11.5 Å². The van der Waals surface area contributed by atoms with Crippen molar-refractivity contribution >= 4 is 17.9 Å². The molecule has 25 heavy (non-hydrogen) atoms. The molecule has 0 radical (unpaired) electrons. The Morgan fingerprint density at radius 2 is 2.04 bits per heavy atom. The highest BCUT2D eigenvalue weighted by molar-refractivity contribution is 5.94. The van der Waals surface area contributed by atoms with Crippen molar-refractivity contribution in [3.63, 3.8) is 0 Å². The molecule has 1 aromatic carbocycles. The molecular weight excluding hydrogens is 334 g/mol. The summed E-state index contributed by atoms with van der Waals surface area (Å²) in [5.74, 6) is -0.662. The second kappa shape index (κ2) is 9.00. The van der Waals surface area contributed by atoms with E-state index >= 15 is 0 Å². The summed E-state index contributed by atoms with van der Waals surface area (Å²) in [5.41, 5.74) is 0.265. The number of nitrogens with one attached hydrogen (secondary N) is 1. The Morgan fingerprint density at radius 1 is 1.32 bits per heavy atom. The number of para-hydroxylation sites is 1. The highest BCUT2D eigenvalue weighted by Crippen LogP contribution is 2.33. The fourth-order valence-corrected chi connectivity index (χ4v) is 2.51. The molecule has 6 nitrogen and oxygen atoms in total. The van der Waals surface area contributed by atoms with Crippen molar-refractivity contribution in [3.05, 3.63) is 29.8 Å². The normalized spacial score (nSPS) is 14.2. The first-order valence-corrected chi connectivity index (χ1v) is 7.86. The second-order valence-corrected chi connectivity index (χ2v) is 5.40. The van der Waals surface area contributed by atoms with E-state index in [9.17, 15) is 18.4 Å². The Balaban J connectivity index is 1.98. The monoisotopic (exact) mass is 354 g/mol. The van der Waals surface area contributed by atoms with E-state index in [-0.39, 0.29) is 29.5 Å². The van der Waals surface area contributed by atoms with Crippen molar-refractivity contribution in [1.29, 1.82) is 0 Å². The molecule has 0 atom stereocenters. The molecule has 0 saturated carbocycles. The number of hydrogen-bond donors (Lipinski definition) is 1. The zero-order valence-corrected chi connectivity index (χ0v) is 13.8. The predicted octanol–water partition coefficient (Wildman–Crippen LogP) is 2.05. The molecule has 136 valence electrons. The fraction of sp³-hybridized carbons (Fsp3) is 0.412. The topological polar surface area (TPSA) is 67.9 Å². The van der Waals surface area contributed by atoms with E-state index in [2.05, 4.69) is 10.1 Å². The quantitative estimate of drug-likeness (QED) is 0.761. The van der Waals surface area contributed by atoms with Crippen molar-refractivity contribution < 1.29 is 27.8 Å². The predicted molar refractivity (Wildman–Crippen MR) is 87.5 cm³/mol. The summed E-state index contributed by atoms with van der Waals surface area (Å²) in [4.78, 5) is 25.4. The van der Waals surface area contributed by atoms with Crippen molar-refractivity contribution in [2.45, 2.75) is 19.5 Å². The minimum atomic E-state index is -3.02. The molecule has 1 aliphatic heterocycles. The zero-order chi connectivity index (χ0) is 18.2. The standard InChI is InChI=1S/C17H20F2N2O4/c1-24-13-6-4-5-12(16(13)25-17(18)19)7-8-14(22)20-11-15(23)21-9-2-3-10-21/h4-8,17H,2-3,9-11H2,1H3,(H,20,22)/b8-7-. The summed E-state index contributed by atoms with van der Waals surface area (Å²) in [6.45, 7) is -1.69. The third-order valence-corrected chi connectivity index (χ3v) is 3.72. The van der Waals surface area contributed by atoms with Crippen molar-refractivity contribution in [1.82, 2.24) is 10.2 Å². The van der Waals surface area contributed by atoms with Gasteiger partial charge in [0, 0.05) is 24.7 Å². The van der Waals surface area contributed by atoms with E-state index in [4.69, 9.17) is 4.74 Å². The smallest absolute Gasteiger partial charge is 0.387 e. The molecule has 1 fully saturated rings. The third kappa shape index (κ3) is 5.44. The molecule has 1 aliphatic rings. The molecule has 1 aromatic rings. The molecule has 1 heterocycles. The summed E-state index contributed by atoms with van der Waals surface area (Å²) in [5, 5.41) is 2.48. The van der Waals surface area contributed by atoms with Gasteiger partial charge >= 0.3 is 6.61 Å². The molecule has 0 unspecified atom stereocenters. The largest absolute Gasteiger partial charge is 0.493 e. The van der Waals surface area contributed by atoms with Crippen molar-refractivity contribution in [3.8, 4) is 11.5 Å². The summed E-state index contributed by atoms with van der Waals surface area (Å²) in [6.07, 6.45) is 4.44. The van der Waals surface area contributed by atoms with Gasteiger partial charge in [0.2, 0.25) is 11.8 Å². The second-order valence-electron chi connectivity index (χ2n) is 5.40. The molecule has 0 aliphatic carbocycles. The van der Waals surface area contributed by atoms with Crippen molar-refractivity contribution in [2.24, 2.45) is 0 Å². The summed E-state index contributed by atoms with van der Waals surface area (Å²) >= 11 is 0. The van der Waals surface area contributed by atoms with Gasteiger partial charge in [-0.2, -0.15) is 8.78 Å². The Kier molecular flexibility index (Phi) is 6.73. The Hall–Kier alpha value is -2.64. The van der Waals surface area contributed by atoms with Gasteiger partial charge in [0.1, 0.15) is 0 Å². The minimum Gasteiger partial charge on any atom is -0.493 e. The number of hydrogen-bond acceptors (Lipinski definition) is 4. The van der Waals surface area contributed by atoms with Gasteiger partial charge in [-0.15, -0.1) is 0 Å². The van der Waals surface area contributed by atoms with Crippen LogP contribution in [0, 0.1) is 0 Å². The van der Waals surface area contributed by atoms with Gasteiger partial charge in [-0.25, -0.2) is 0 Å². The van der Waals surface area contributed by atoms with Crippen LogP contribution >= 0.6 is 0 Å². The van der Waals surface area contributed by atoms with Gasteiger partial charge < -0.3 is 19.7 Å². The third-order valence-electron chi connectivity index (χ3n) is 3.72. The molecule has 0 aromatic heterocycles. The van der Waals surface area contributed by atoms with Gasteiger partial charge in [0.25, 0.3) is 0 Å². The molecule has 1 saturated heterocycles. The van der Waals surface area contributed by atoms with E-state index < -0.39 is 12.5 Å². The van der Waals surface area contributed by atoms with Crippen LogP contribution < -0.4 is 14.8 Å². The van der Waals surface area contributed by atoms with Crippen LogP contribution in [-0.2, 0) is 9.59 Å². The Morgan fingerprint density at radius 3 is 2.68 bits per heavy atom. The maximum atomic E-state index is 12.5. The first kappa shape index (κ1) is 18.7. The Labute approximate surface area is 144 Å². The van der Waals surface area contributed by atoms with Crippen LogP contribution in [0.3, 0.4) is 0 Å². The van der Waals surface area contributed by atoms with Crippen LogP contribution in [0.25, 0.3) is 6.08 Å². The fourth-order valence-electron chi connectivity index (χ4n) is 2.51. The Bertz CT molecular complexity index is 644. The first-order valence-electron chi connectivity index (χ1n) is 7.86. The lowest BCUT2D eigenvalue weighted by Crippen LogP contribution is -2.38. The number of alkyl halides is 2. The van der Waals surface area contributed by atoms with E-state index in [0.717, 1.165) is 18.9 Å². The van der Waals surface area contributed by atoms with Crippen LogP contribution in [0.5, 0.6) is 11.5 Å². The average molecular weight is 354 g/mol. The summed E-state index contributed by atoms with van der Waals surface area (Å²) in [6, 6.07) is 4.58. The van der Waals surface area contributed by atoms with Gasteiger partial charge in [-0.1, -0.05) is 12.1 Å². The van der Waals surface area contributed by atoms with Crippen LogP contribution in [0.1, 0.15) is 18.4 Å².